The number of carbonyl (C=O) groups excluding carboxylic acids is 1. The summed E-state index contributed by atoms with van der Waals surface area (Å²) in [5, 5.41) is 2.62. The number of halogens is 2. The summed E-state index contributed by atoms with van der Waals surface area (Å²) in [6.45, 7) is 0.406. The first kappa shape index (κ1) is 17.5. The van der Waals surface area contributed by atoms with E-state index in [1.807, 2.05) is 0 Å². The maximum absolute atomic E-state index is 13.1. The van der Waals surface area contributed by atoms with Crippen molar-refractivity contribution in [3.05, 3.63) is 88.5 Å². The predicted molar refractivity (Wildman–Crippen MR) is 92.6 cm³/mol. The summed E-state index contributed by atoms with van der Waals surface area (Å²) in [5.74, 6) is -1.28. The number of nitrogens with one attached hydrogen (secondary N) is 1. The minimum atomic E-state index is -0.491. The second kappa shape index (κ2) is 7.69. The highest BCUT2D eigenvalue weighted by Gasteiger charge is 2.07. The van der Waals surface area contributed by atoms with Crippen LogP contribution in [0.25, 0.3) is 11.3 Å². The van der Waals surface area contributed by atoms with E-state index in [1.54, 1.807) is 12.1 Å². The van der Waals surface area contributed by atoms with Gasteiger partial charge in [-0.1, -0.05) is 6.07 Å². The van der Waals surface area contributed by atoms with Gasteiger partial charge in [0.15, 0.2) is 0 Å². The Kier molecular flexibility index (Phi) is 5.17. The van der Waals surface area contributed by atoms with Crippen LogP contribution >= 0.6 is 0 Å². The molecule has 7 heteroatoms. The van der Waals surface area contributed by atoms with Crippen molar-refractivity contribution in [1.29, 1.82) is 0 Å². The molecule has 0 aliphatic heterocycles. The van der Waals surface area contributed by atoms with Crippen LogP contribution in [0.1, 0.15) is 10.4 Å². The summed E-state index contributed by atoms with van der Waals surface area (Å²) in [7, 11) is 0. The van der Waals surface area contributed by atoms with Crippen molar-refractivity contribution >= 4 is 5.91 Å². The average molecular weight is 355 g/mol. The van der Waals surface area contributed by atoms with E-state index in [2.05, 4.69) is 10.3 Å². The van der Waals surface area contributed by atoms with E-state index in [0.29, 0.717) is 11.3 Å². The number of carbonyl (C=O) groups is 1. The Hall–Kier alpha value is -3.35. The Morgan fingerprint density at radius 3 is 2.50 bits per heavy atom. The highest BCUT2D eigenvalue weighted by atomic mass is 19.1. The van der Waals surface area contributed by atoms with E-state index in [-0.39, 0.29) is 30.0 Å². The topological polar surface area (TPSA) is 64.0 Å². The Morgan fingerprint density at radius 2 is 1.81 bits per heavy atom. The quantitative estimate of drug-likeness (QED) is 0.765. The lowest BCUT2D eigenvalue weighted by Gasteiger charge is -2.08. The molecule has 0 unspecified atom stereocenters. The molecule has 0 bridgehead atoms. The Labute approximate surface area is 147 Å². The first-order valence-corrected chi connectivity index (χ1v) is 7.89. The smallest absolute Gasteiger partial charge is 0.253 e. The zero-order chi connectivity index (χ0) is 18.5. The van der Waals surface area contributed by atoms with E-state index in [0.717, 1.165) is 6.07 Å². The number of rotatable bonds is 5. The normalized spacial score (nSPS) is 10.5. The van der Waals surface area contributed by atoms with Crippen LogP contribution in [-0.2, 0) is 6.54 Å². The number of benzene rings is 2. The molecule has 1 amide bonds. The summed E-state index contributed by atoms with van der Waals surface area (Å²) in [6, 6.07) is 12.4. The van der Waals surface area contributed by atoms with Crippen molar-refractivity contribution in [2.45, 2.75) is 6.54 Å². The Morgan fingerprint density at radius 1 is 1.04 bits per heavy atom. The van der Waals surface area contributed by atoms with Crippen molar-refractivity contribution in [3.63, 3.8) is 0 Å². The summed E-state index contributed by atoms with van der Waals surface area (Å²) in [4.78, 5) is 28.3. The minimum Gasteiger partial charge on any atom is -0.350 e. The van der Waals surface area contributed by atoms with Crippen molar-refractivity contribution in [2.75, 3.05) is 6.54 Å². The maximum Gasteiger partial charge on any atom is 0.253 e. The molecule has 0 aliphatic carbocycles. The number of aromatic nitrogens is 2. The molecule has 0 atom stereocenters. The SMILES string of the molecule is O=C(NCCn1cnc(-c2ccc(F)cc2)cc1=O)c1cccc(F)c1. The monoisotopic (exact) mass is 355 g/mol. The Balaban J connectivity index is 1.63. The molecule has 1 aromatic heterocycles. The van der Waals surface area contributed by atoms with Crippen LogP contribution in [-0.4, -0.2) is 22.0 Å². The molecule has 0 spiro atoms. The van der Waals surface area contributed by atoms with E-state index >= 15 is 0 Å². The molecule has 2 aromatic carbocycles. The third-order valence-corrected chi connectivity index (χ3v) is 3.74. The molecule has 0 saturated heterocycles. The summed E-state index contributed by atoms with van der Waals surface area (Å²) in [5.41, 5.74) is 0.992. The van der Waals surface area contributed by atoms with Crippen molar-refractivity contribution < 1.29 is 13.6 Å². The van der Waals surface area contributed by atoms with Crippen LogP contribution in [0.4, 0.5) is 8.78 Å². The highest BCUT2D eigenvalue weighted by Crippen LogP contribution is 2.14. The molecule has 26 heavy (non-hydrogen) atoms. The molecular weight excluding hydrogens is 340 g/mol. The first-order chi connectivity index (χ1) is 12.5. The lowest BCUT2D eigenvalue weighted by molar-refractivity contribution is 0.0951. The van der Waals surface area contributed by atoms with Crippen LogP contribution in [0, 0.1) is 11.6 Å². The van der Waals surface area contributed by atoms with E-state index in [1.165, 1.54) is 47.3 Å². The molecule has 3 aromatic rings. The van der Waals surface area contributed by atoms with Crippen LogP contribution < -0.4 is 10.9 Å². The van der Waals surface area contributed by atoms with Crippen LogP contribution in [0.3, 0.4) is 0 Å². The van der Waals surface area contributed by atoms with Gasteiger partial charge in [-0.25, -0.2) is 13.8 Å². The van der Waals surface area contributed by atoms with Crippen molar-refractivity contribution in [1.82, 2.24) is 14.9 Å². The summed E-state index contributed by atoms with van der Waals surface area (Å²) in [6.07, 6.45) is 1.37. The van der Waals surface area contributed by atoms with Gasteiger partial charge in [0, 0.05) is 30.3 Å². The standard InChI is InChI=1S/C19H15F2N3O2/c20-15-6-4-13(5-7-15)17-11-18(25)24(12-23-17)9-8-22-19(26)14-2-1-3-16(21)10-14/h1-7,10-12H,8-9H2,(H,22,26). The van der Waals surface area contributed by atoms with Gasteiger partial charge >= 0.3 is 0 Å². The van der Waals surface area contributed by atoms with Gasteiger partial charge in [-0.3, -0.25) is 14.2 Å². The van der Waals surface area contributed by atoms with Crippen LogP contribution in [0.5, 0.6) is 0 Å². The molecule has 132 valence electrons. The molecular formula is C19H15F2N3O2. The van der Waals surface area contributed by atoms with Crippen LogP contribution in [0.15, 0.2) is 65.7 Å². The zero-order valence-corrected chi connectivity index (χ0v) is 13.7. The highest BCUT2D eigenvalue weighted by molar-refractivity contribution is 5.94. The van der Waals surface area contributed by atoms with E-state index in [4.69, 9.17) is 0 Å². The number of nitrogens with zero attached hydrogens (tertiary/aromatic N) is 2. The second-order valence-corrected chi connectivity index (χ2v) is 5.58. The number of amides is 1. The van der Waals surface area contributed by atoms with Gasteiger partial charge in [-0.05, 0) is 42.5 Å². The van der Waals surface area contributed by atoms with Gasteiger partial charge in [0.05, 0.1) is 12.0 Å². The van der Waals surface area contributed by atoms with Gasteiger partial charge in [0.25, 0.3) is 11.5 Å². The van der Waals surface area contributed by atoms with Gasteiger partial charge < -0.3 is 5.32 Å². The van der Waals surface area contributed by atoms with E-state index in [9.17, 15) is 18.4 Å². The minimum absolute atomic E-state index is 0.187. The summed E-state index contributed by atoms with van der Waals surface area (Å²) >= 11 is 0. The fourth-order valence-electron chi connectivity index (χ4n) is 2.39. The van der Waals surface area contributed by atoms with Gasteiger partial charge in [-0.15, -0.1) is 0 Å². The number of hydrogen-bond acceptors (Lipinski definition) is 3. The zero-order valence-electron chi connectivity index (χ0n) is 13.7. The lowest BCUT2D eigenvalue weighted by atomic mass is 10.1. The lowest BCUT2D eigenvalue weighted by Crippen LogP contribution is -2.30. The second-order valence-electron chi connectivity index (χ2n) is 5.58. The van der Waals surface area contributed by atoms with E-state index < -0.39 is 11.7 Å². The van der Waals surface area contributed by atoms with Gasteiger partial charge in [-0.2, -0.15) is 0 Å². The van der Waals surface area contributed by atoms with Crippen LogP contribution in [0.2, 0.25) is 0 Å². The molecule has 0 fully saturated rings. The third-order valence-electron chi connectivity index (χ3n) is 3.74. The van der Waals surface area contributed by atoms with Crippen molar-refractivity contribution in [3.8, 4) is 11.3 Å². The third kappa shape index (κ3) is 4.18. The molecule has 0 saturated carbocycles. The van der Waals surface area contributed by atoms with Gasteiger partial charge in [0.2, 0.25) is 0 Å². The molecule has 0 radical (unpaired) electrons. The first-order valence-electron chi connectivity index (χ1n) is 7.89. The molecule has 3 rings (SSSR count). The molecule has 1 heterocycles. The largest absolute Gasteiger partial charge is 0.350 e. The fraction of sp³-hybridized carbons (Fsp3) is 0.105. The average Bonchev–Trinajstić information content (AvgIpc) is 2.63. The predicted octanol–water partition coefficient (Wildman–Crippen LogP) is 2.62. The maximum atomic E-state index is 13.1. The molecule has 0 aliphatic rings. The fourth-order valence-corrected chi connectivity index (χ4v) is 2.39. The molecule has 1 N–H and O–H groups in total. The van der Waals surface area contributed by atoms with Gasteiger partial charge in [0.1, 0.15) is 11.6 Å². The van der Waals surface area contributed by atoms with Crippen molar-refractivity contribution in [2.24, 2.45) is 0 Å². The Bertz CT molecular complexity index is 985. The summed E-state index contributed by atoms with van der Waals surface area (Å²) < 4.78 is 27.4. The molecule has 5 nitrogen and oxygen atoms in total. The number of hydrogen-bond donors (Lipinski definition) is 1.